The SMILES string of the molecule is OCCNCC(O)Cc1ccccc1. The van der Waals surface area contributed by atoms with Crippen molar-refractivity contribution in [3.63, 3.8) is 0 Å². The summed E-state index contributed by atoms with van der Waals surface area (Å²) >= 11 is 0. The molecule has 0 aromatic heterocycles. The van der Waals surface area contributed by atoms with Crippen LogP contribution in [0.25, 0.3) is 0 Å². The lowest BCUT2D eigenvalue weighted by Gasteiger charge is -2.10. The predicted octanol–water partition coefficient (Wildman–Crippen LogP) is 0.172. The second-order valence-electron chi connectivity index (χ2n) is 3.27. The van der Waals surface area contributed by atoms with Gasteiger partial charge in [0.25, 0.3) is 0 Å². The van der Waals surface area contributed by atoms with Crippen LogP contribution in [-0.4, -0.2) is 36.0 Å². The minimum absolute atomic E-state index is 0.109. The Morgan fingerprint density at radius 3 is 2.57 bits per heavy atom. The standard InChI is InChI=1S/C11H17NO2/c13-7-6-12-9-11(14)8-10-4-2-1-3-5-10/h1-5,11-14H,6-9H2. The van der Waals surface area contributed by atoms with Crippen LogP contribution in [0.3, 0.4) is 0 Å². The van der Waals surface area contributed by atoms with Crippen LogP contribution in [0, 0.1) is 0 Å². The molecule has 0 heterocycles. The Hall–Kier alpha value is -0.900. The topological polar surface area (TPSA) is 52.5 Å². The molecule has 0 aliphatic heterocycles. The molecule has 0 radical (unpaired) electrons. The number of aliphatic hydroxyl groups excluding tert-OH is 2. The average molecular weight is 195 g/mol. The van der Waals surface area contributed by atoms with Crippen molar-refractivity contribution < 1.29 is 10.2 Å². The minimum Gasteiger partial charge on any atom is -0.395 e. The third kappa shape index (κ3) is 4.37. The Labute approximate surface area is 84.4 Å². The molecule has 1 unspecified atom stereocenters. The Morgan fingerprint density at radius 2 is 1.93 bits per heavy atom. The van der Waals surface area contributed by atoms with Crippen LogP contribution < -0.4 is 5.32 Å². The van der Waals surface area contributed by atoms with E-state index in [0.717, 1.165) is 5.56 Å². The van der Waals surface area contributed by atoms with Gasteiger partial charge in [-0.15, -0.1) is 0 Å². The van der Waals surface area contributed by atoms with Gasteiger partial charge in [-0.05, 0) is 12.0 Å². The van der Waals surface area contributed by atoms with Crippen LogP contribution >= 0.6 is 0 Å². The molecule has 0 aliphatic carbocycles. The Bertz CT molecular complexity index is 238. The van der Waals surface area contributed by atoms with Gasteiger partial charge in [0.2, 0.25) is 0 Å². The lowest BCUT2D eigenvalue weighted by atomic mass is 10.1. The van der Waals surface area contributed by atoms with E-state index in [4.69, 9.17) is 5.11 Å². The lowest BCUT2D eigenvalue weighted by Crippen LogP contribution is -2.30. The van der Waals surface area contributed by atoms with E-state index in [-0.39, 0.29) is 12.7 Å². The number of nitrogens with one attached hydrogen (secondary N) is 1. The maximum Gasteiger partial charge on any atom is 0.0704 e. The normalized spacial score (nSPS) is 12.7. The quantitative estimate of drug-likeness (QED) is 0.567. The highest BCUT2D eigenvalue weighted by molar-refractivity contribution is 5.15. The molecule has 78 valence electrons. The van der Waals surface area contributed by atoms with Crippen molar-refractivity contribution in [2.45, 2.75) is 12.5 Å². The molecule has 0 saturated carbocycles. The van der Waals surface area contributed by atoms with Crippen LogP contribution in [0.1, 0.15) is 5.56 Å². The fraction of sp³-hybridized carbons (Fsp3) is 0.455. The van der Waals surface area contributed by atoms with E-state index < -0.39 is 0 Å². The smallest absolute Gasteiger partial charge is 0.0704 e. The summed E-state index contributed by atoms with van der Waals surface area (Å²) in [7, 11) is 0. The molecular weight excluding hydrogens is 178 g/mol. The largest absolute Gasteiger partial charge is 0.395 e. The third-order valence-electron chi connectivity index (χ3n) is 1.98. The zero-order chi connectivity index (χ0) is 10.2. The highest BCUT2D eigenvalue weighted by Crippen LogP contribution is 2.02. The molecule has 0 bridgehead atoms. The first-order chi connectivity index (χ1) is 6.83. The molecule has 1 atom stereocenters. The van der Waals surface area contributed by atoms with Crippen molar-refractivity contribution in [3.05, 3.63) is 35.9 Å². The Morgan fingerprint density at radius 1 is 1.21 bits per heavy atom. The van der Waals surface area contributed by atoms with Gasteiger partial charge >= 0.3 is 0 Å². The Kier molecular flexibility index (Phi) is 5.22. The molecule has 14 heavy (non-hydrogen) atoms. The molecule has 3 N–H and O–H groups in total. The fourth-order valence-corrected chi connectivity index (χ4v) is 1.31. The van der Waals surface area contributed by atoms with Crippen LogP contribution in [-0.2, 0) is 6.42 Å². The van der Waals surface area contributed by atoms with E-state index in [1.54, 1.807) is 0 Å². The van der Waals surface area contributed by atoms with Crippen LogP contribution in [0.15, 0.2) is 30.3 Å². The van der Waals surface area contributed by atoms with Gasteiger partial charge in [-0.1, -0.05) is 30.3 Å². The molecule has 0 aliphatic rings. The van der Waals surface area contributed by atoms with Gasteiger partial charge in [-0.25, -0.2) is 0 Å². The van der Waals surface area contributed by atoms with Crippen LogP contribution in [0.4, 0.5) is 0 Å². The molecule has 0 fully saturated rings. The van der Waals surface area contributed by atoms with Gasteiger partial charge in [0, 0.05) is 13.1 Å². The van der Waals surface area contributed by atoms with E-state index >= 15 is 0 Å². The van der Waals surface area contributed by atoms with Gasteiger partial charge in [0.05, 0.1) is 12.7 Å². The van der Waals surface area contributed by atoms with Gasteiger partial charge in [-0.3, -0.25) is 0 Å². The number of hydrogen-bond donors (Lipinski definition) is 3. The maximum atomic E-state index is 9.59. The van der Waals surface area contributed by atoms with Gasteiger partial charge < -0.3 is 15.5 Å². The minimum atomic E-state index is -0.385. The fourth-order valence-electron chi connectivity index (χ4n) is 1.31. The van der Waals surface area contributed by atoms with Crippen molar-refractivity contribution in [2.75, 3.05) is 19.7 Å². The Balaban J connectivity index is 2.23. The maximum absolute atomic E-state index is 9.59. The summed E-state index contributed by atoms with van der Waals surface area (Å²) < 4.78 is 0. The van der Waals surface area contributed by atoms with E-state index in [1.807, 2.05) is 30.3 Å². The molecule has 1 rings (SSSR count). The van der Waals surface area contributed by atoms with Gasteiger partial charge in [0.15, 0.2) is 0 Å². The molecule has 3 nitrogen and oxygen atoms in total. The number of benzene rings is 1. The average Bonchev–Trinajstić information content (AvgIpc) is 2.20. The van der Waals surface area contributed by atoms with E-state index in [0.29, 0.717) is 19.5 Å². The molecule has 0 spiro atoms. The van der Waals surface area contributed by atoms with Gasteiger partial charge in [-0.2, -0.15) is 0 Å². The molecule has 1 aromatic carbocycles. The van der Waals surface area contributed by atoms with Crippen molar-refractivity contribution >= 4 is 0 Å². The summed E-state index contributed by atoms with van der Waals surface area (Å²) in [5, 5.41) is 21.1. The molecule has 3 heteroatoms. The monoisotopic (exact) mass is 195 g/mol. The van der Waals surface area contributed by atoms with Crippen molar-refractivity contribution in [1.29, 1.82) is 0 Å². The lowest BCUT2D eigenvalue weighted by molar-refractivity contribution is 0.168. The predicted molar refractivity (Wildman–Crippen MR) is 56.1 cm³/mol. The molecule has 0 amide bonds. The first kappa shape index (κ1) is 11.2. The summed E-state index contributed by atoms with van der Waals surface area (Å²) in [5.74, 6) is 0. The van der Waals surface area contributed by atoms with Crippen molar-refractivity contribution in [1.82, 2.24) is 5.32 Å². The second-order valence-corrected chi connectivity index (χ2v) is 3.27. The summed E-state index contributed by atoms with van der Waals surface area (Å²) in [4.78, 5) is 0. The summed E-state index contributed by atoms with van der Waals surface area (Å²) in [6.07, 6.45) is 0.267. The van der Waals surface area contributed by atoms with E-state index in [9.17, 15) is 5.11 Å². The van der Waals surface area contributed by atoms with E-state index in [2.05, 4.69) is 5.32 Å². The van der Waals surface area contributed by atoms with Crippen molar-refractivity contribution in [2.24, 2.45) is 0 Å². The summed E-state index contributed by atoms with van der Waals surface area (Å²) in [6, 6.07) is 9.87. The third-order valence-corrected chi connectivity index (χ3v) is 1.98. The number of hydrogen-bond acceptors (Lipinski definition) is 3. The zero-order valence-corrected chi connectivity index (χ0v) is 8.19. The molecule has 0 saturated heterocycles. The first-order valence-corrected chi connectivity index (χ1v) is 4.86. The van der Waals surface area contributed by atoms with E-state index in [1.165, 1.54) is 0 Å². The second kappa shape index (κ2) is 6.54. The summed E-state index contributed by atoms with van der Waals surface area (Å²) in [5.41, 5.74) is 1.13. The van der Waals surface area contributed by atoms with Gasteiger partial charge in [0.1, 0.15) is 0 Å². The van der Waals surface area contributed by atoms with Crippen LogP contribution in [0.5, 0.6) is 0 Å². The zero-order valence-electron chi connectivity index (χ0n) is 8.19. The summed E-state index contributed by atoms with van der Waals surface area (Å²) in [6.45, 7) is 1.17. The van der Waals surface area contributed by atoms with Crippen LogP contribution in [0.2, 0.25) is 0 Å². The number of rotatable bonds is 6. The van der Waals surface area contributed by atoms with Crippen molar-refractivity contribution in [3.8, 4) is 0 Å². The number of aliphatic hydroxyl groups is 2. The highest BCUT2D eigenvalue weighted by atomic mass is 16.3. The molecule has 1 aromatic rings. The first-order valence-electron chi connectivity index (χ1n) is 4.86. The highest BCUT2D eigenvalue weighted by Gasteiger charge is 2.03. The molecular formula is C11H17NO2.